The summed E-state index contributed by atoms with van der Waals surface area (Å²) < 4.78 is 10.8. The van der Waals surface area contributed by atoms with Gasteiger partial charge >= 0.3 is 12.0 Å². The fourth-order valence-corrected chi connectivity index (χ4v) is 4.27. The number of hydrogen-bond donors (Lipinski definition) is 2. The van der Waals surface area contributed by atoms with Crippen LogP contribution >= 0.6 is 0 Å². The number of benzene rings is 2. The highest BCUT2D eigenvalue weighted by Gasteiger charge is 2.26. The number of piperazine rings is 1. The smallest absolute Gasteiger partial charge is 0.338 e. The third kappa shape index (κ3) is 8.60. The predicted molar refractivity (Wildman–Crippen MR) is 136 cm³/mol. The Balaban J connectivity index is 1.56. The summed E-state index contributed by atoms with van der Waals surface area (Å²) in [5, 5.41) is 10.1. The molecule has 9 heteroatoms. The maximum Gasteiger partial charge on any atom is 0.338 e. The zero-order valence-electron chi connectivity index (χ0n) is 21.4. The second kappa shape index (κ2) is 12.8. The van der Waals surface area contributed by atoms with Gasteiger partial charge in [-0.15, -0.1) is 0 Å². The summed E-state index contributed by atoms with van der Waals surface area (Å²) in [5.41, 5.74) is 7.76. The number of nitrogens with zero attached hydrogens (tertiary/aromatic N) is 3. The van der Waals surface area contributed by atoms with E-state index in [0.29, 0.717) is 11.7 Å². The quantitative estimate of drug-likeness (QED) is 0.224. The van der Waals surface area contributed by atoms with Crippen LogP contribution in [0.3, 0.4) is 0 Å². The molecule has 3 N–H and O–H groups in total. The lowest BCUT2D eigenvalue weighted by molar-refractivity contribution is -0.160. The molecule has 1 heterocycles. The normalized spacial score (nSPS) is 15.9. The lowest BCUT2D eigenvalue weighted by atomic mass is 9.95. The molecule has 1 atom stereocenters. The van der Waals surface area contributed by atoms with Crippen molar-refractivity contribution in [3.05, 3.63) is 71.3 Å². The van der Waals surface area contributed by atoms with Crippen molar-refractivity contribution in [1.82, 2.24) is 14.9 Å². The molecule has 0 radical (unpaired) electrons. The lowest BCUT2D eigenvalue weighted by Crippen LogP contribution is -2.48. The first-order valence-corrected chi connectivity index (χ1v) is 12.3. The van der Waals surface area contributed by atoms with Crippen molar-refractivity contribution in [2.24, 2.45) is 5.73 Å². The minimum atomic E-state index is -0.880. The number of ether oxygens (including phenoxy) is 2. The monoisotopic (exact) mass is 498 g/mol. The Hall–Kier alpha value is -2.98. The molecule has 1 fully saturated rings. The van der Waals surface area contributed by atoms with Crippen molar-refractivity contribution >= 4 is 12.0 Å². The van der Waals surface area contributed by atoms with Crippen molar-refractivity contribution in [2.45, 2.75) is 39.0 Å². The highest BCUT2D eigenvalue weighted by Crippen LogP contribution is 2.30. The molecule has 0 bridgehead atoms. The Kier molecular flexibility index (Phi) is 9.83. The topological polar surface area (TPSA) is 109 Å². The van der Waals surface area contributed by atoms with Gasteiger partial charge < -0.3 is 15.2 Å². The fraction of sp³-hybridized carbons (Fsp3) is 0.481. The Morgan fingerprint density at radius 3 is 2.19 bits per heavy atom. The van der Waals surface area contributed by atoms with Crippen molar-refractivity contribution in [3.63, 3.8) is 0 Å². The van der Waals surface area contributed by atoms with E-state index >= 15 is 0 Å². The Bertz CT molecular complexity index is 970. The summed E-state index contributed by atoms with van der Waals surface area (Å²) in [6.07, 6.45) is 0. The van der Waals surface area contributed by atoms with Crippen molar-refractivity contribution in [3.8, 4) is 0 Å². The summed E-state index contributed by atoms with van der Waals surface area (Å²) in [4.78, 5) is 27.7. The first kappa shape index (κ1) is 27.6. The van der Waals surface area contributed by atoms with Crippen molar-refractivity contribution < 1.29 is 24.3 Å². The molecule has 1 aliphatic heterocycles. The zero-order chi connectivity index (χ0) is 26.1. The largest absolute Gasteiger partial charge is 0.458 e. The van der Waals surface area contributed by atoms with Gasteiger partial charge in [-0.05, 0) is 37.5 Å². The van der Waals surface area contributed by atoms with Gasteiger partial charge in [-0.1, -0.05) is 54.6 Å². The molecule has 1 saturated heterocycles. The summed E-state index contributed by atoms with van der Waals surface area (Å²) in [5.74, 6) is -0.342. The van der Waals surface area contributed by atoms with Gasteiger partial charge in [0.25, 0.3) is 0 Å². The highest BCUT2D eigenvalue weighted by atomic mass is 16.6. The van der Waals surface area contributed by atoms with Crippen LogP contribution in [0.4, 0.5) is 4.79 Å². The van der Waals surface area contributed by atoms with Gasteiger partial charge in [-0.25, -0.2) is 14.7 Å². The molecule has 3 rings (SSSR count). The number of carbonyl (C=O) groups excluding carboxylic acids is 2. The molecule has 0 saturated carbocycles. The molecule has 2 amide bonds. The summed E-state index contributed by atoms with van der Waals surface area (Å²) >= 11 is 0. The molecule has 9 nitrogen and oxygen atoms in total. The van der Waals surface area contributed by atoms with E-state index < -0.39 is 11.6 Å². The van der Waals surface area contributed by atoms with Gasteiger partial charge in [0.15, 0.2) is 0 Å². The second-order valence-corrected chi connectivity index (χ2v) is 9.97. The molecule has 36 heavy (non-hydrogen) atoms. The first-order chi connectivity index (χ1) is 17.1. The Morgan fingerprint density at radius 2 is 1.61 bits per heavy atom. The average Bonchev–Trinajstić information content (AvgIpc) is 2.83. The molecular weight excluding hydrogens is 460 g/mol. The van der Waals surface area contributed by atoms with E-state index in [1.54, 1.807) is 0 Å². The SMILES string of the molecule is CC(C)(C)OC(=O)COCCN1CCN(C(c2ccccc2)c2ccc(CN(O)C(N)=O)cc2)CC1. The average molecular weight is 499 g/mol. The van der Waals surface area contributed by atoms with Crippen LogP contribution in [0.1, 0.15) is 43.5 Å². The summed E-state index contributed by atoms with van der Waals surface area (Å²) in [6, 6.07) is 17.5. The second-order valence-electron chi connectivity index (χ2n) is 9.97. The van der Waals surface area contributed by atoms with Gasteiger partial charge in [0.1, 0.15) is 12.2 Å². The molecule has 2 aromatic rings. The van der Waals surface area contributed by atoms with Crippen LogP contribution in [0.15, 0.2) is 54.6 Å². The van der Waals surface area contributed by atoms with E-state index in [2.05, 4.69) is 21.9 Å². The van der Waals surface area contributed by atoms with Gasteiger partial charge in [0, 0.05) is 32.7 Å². The molecule has 0 aromatic heterocycles. The van der Waals surface area contributed by atoms with Crippen molar-refractivity contribution in [2.75, 3.05) is 45.9 Å². The Morgan fingerprint density at radius 1 is 1.00 bits per heavy atom. The van der Waals surface area contributed by atoms with Gasteiger partial charge in [0.05, 0.1) is 19.2 Å². The van der Waals surface area contributed by atoms with Crippen LogP contribution < -0.4 is 5.73 Å². The number of rotatable bonds is 10. The van der Waals surface area contributed by atoms with Gasteiger partial charge in [-0.2, -0.15) is 0 Å². The third-order valence-electron chi connectivity index (χ3n) is 5.96. The minimum Gasteiger partial charge on any atom is -0.458 e. The maximum absolute atomic E-state index is 11.8. The molecule has 0 spiro atoms. The van der Waals surface area contributed by atoms with E-state index in [-0.39, 0.29) is 25.2 Å². The zero-order valence-corrected chi connectivity index (χ0v) is 21.4. The van der Waals surface area contributed by atoms with E-state index in [9.17, 15) is 14.8 Å². The van der Waals surface area contributed by atoms with Crippen molar-refractivity contribution in [1.29, 1.82) is 0 Å². The van der Waals surface area contributed by atoms with E-state index in [1.807, 2.05) is 63.2 Å². The number of amides is 2. The van der Waals surface area contributed by atoms with Crippen LogP contribution in [0.5, 0.6) is 0 Å². The standard InChI is InChI=1S/C27H38N4O5/c1-27(2,3)36-24(32)20-35-18-17-29-13-15-30(16-14-29)25(22-7-5-4-6-8-22)23-11-9-21(10-12-23)19-31(34)26(28)33/h4-12,25,34H,13-20H2,1-3H3,(H2,28,33). The maximum atomic E-state index is 11.8. The van der Waals surface area contributed by atoms with Crippen LogP contribution in [0.2, 0.25) is 0 Å². The lowest BCUT2D eigenvalue weighted by Gasteiger charge is -2.39. The van der Waals surface area contributed by atoms with Gasteiger partial charge in [0.2, 0.25) is 0 Å². The highest BCUT2D eigenvalue weighted by molar-refractivity contribution is 5.71. The summed E-state index contributed by atoms with van der Waals surface area (Å²) in [7, 11) is 0. The van der Waals surface area contributed by atoms with E-state index in [4.69, 9.17) is 15.2 Å². The predicted octanol–water partition coefficient (Wildman–Crippen LogP) is 3.02. The number of carbonyl (C=O) groups is 2. The number of primary amides is 1. The molecule has 1 unspecified atom stereocenters. The third-order valence-corrected chi connectivity index (χ3v) is 5.96. The van der Waals surface area contributed by atoms with Crippen LogP contribution in [-0.2, 0) is 20.8 Å². The van der Waals surface area contributed by atoms with Gasteiger partial charge in [-0.3, -0.25) is 15.0 Å². The molecular formula is C27H38N4O5. The fourth-order valence-electron chi connectivity index (χ4n) is 4.27. The molecule has 0 aliphatic carbocycles. The van der Waals surface area contributed by atoms with E-state index in [0.717, 1.165) is 43.9 Å². The number of nitrogens with two attached hydrogens (primary N) is 1. The number of hydrogen-bond acceptors (Lipinski definition) is 7. The Labute approximate surface area is 213 Å². The van der Waals surface area contributed by atoms with Crippen LogP contribution in [0, 0.1) is 0 Å². The molecule has 2 aromatic carbocycles. The van der Waals surface area contributed by atoms with Crippen LogP contribution in [0.25, 0.3) is 0 Å². The molecule has 196 valence electrons. The van der Waals surface area contributed by atoms with E-state index in [1.165, 1.54) is 5.56 Å². The molecule has 1 aliphatic rings. The first-order valence-electron chi connectivity index (χ1n) is 12.3. The summed E-state index contributed by atoms with van der Waals surface area (Å²) in [6.45, 7) is 10.4. The number of urea groups is 1. The minimum absolute atomic E-state index is 0.0310. The number of esters is 1. The van der Waals surface area contributed by atoms with Crippen LogP contribution in [-0.4, -0.2) is 83.6 Å². The number of hydroxylamine groups is 2.